The summed E-state index contributed by atoms with van der Waals surface area (Å²) < 4.78 is 15.3. The van der Waals surface area contributed by atoms with E-state index in [1.165, 1.54) is 6.20 Å². The van der Waals surface area contributed by atoms with Gasteiger partial charge in [0, 0.05) is 7.11 Å². The molecule has 0 N–H and O–H groups in total. The molecule has 0 bridgehead atoms. The molecule has 1 aromatic rings. The van der Waals surface area contributed by atoms with Crippen LogP contribution in [-0.2, 0) is 9.47 Å². The molecular formula is C10H12ClN3O3. The summed E-state index contributed by atoms with van der Waals surface area (Å²) in [6.45, 7) is 1.69. The van der Waals surface area contributed by atoms with Crippen molar-refractivity contribution in [2.75, 3.05) is 33.5 Å². The zero-order valence-electron chi connectivity index (χ0n) is 9.35. The fourth-order valence-corrected chi connectivity index (χ4v) is 1.10. The van der Waals surface area contributed by atoms with Gasteiger partial charge in [-0.1, -0.05) is 0 Å². The van der Waals surface area contributed by atoms with Crippen LogP contribution >= 0.6 is 11.6 Å². The van der Waals surface area contributed by atoms with Gasteiger partial charge in [-0.25, -0.2) is 4.98 Å². The zero-order valence-corrected chi connectivity index (χ0v) is 10.1. The zero-order chi connectivity index (χ0) is 12.5. The minimum absolute atomic E-state index is 0.0410. The lowest BCUT2D eigenvalue weighted by Gasteiger charge is -2.07. The number of nitriles is 1. The summed E-state index contributed by atoms with van der Waals surface area (Å²) in [6.07, 6.45) is 1.32. The third-order valence-electron chi connectivity index (χ3n) is 1.74. The van der Waals surface area contributed by atoms with E-state index in [2.05, 4.69) is 9.97 Å². The molecule has 0 amide bonds. The number of hydrogen-bond acceptors (Lipinski definition) is 6. The highest BCUT2D eigenvalue weighted by Gasteiger charge is 2.06. The predicted molar refractivity (Wildman–Crippen MR) is 59.9 cm³/mol. The molecule has 0 fully saturated rings. The van der Waals surface area contributed by atoms with Crippen molar-refractivity contribution >= 4 is 11.6 Å². The van der Waals surface area contributed by atoms with E-state index in [-0.39, 0.29) is 23.3 Å². The first-order valence-electron chi connectivity index (χ1n) is 4.90. The first kappa shape index (κ1) is 13.6. The first-order chi connectivity index (χ1) is 8.27. The Morgan fingerprint density at radius 2 is 2.12 bits per heavy atom. The maximum atomic E-state index is 8.78. The monoisotopic (exact) mass is 257 g/mol. The second kappa shape index (κ2) is 7.79. The fraction of sp³-hybridized carbons (Fsp3) is 0.500. The molecule has 0 saturated carbocycles. The second-order valence-corrected chi connectivity index (χ2v) is 3.26. The first-order valence-corrected chi connectivity index (χ1v) is 5.28. The number of halogens is 1. The summed E-state index contributed by atoms with van der Waals surface area (Å²) >= 11 is 5.60. The van der Waals surface area contributed by atoms with Crippen molar-refractivity contribution in [3.05, 3.63) is 17.0 Å². The molecule has 17 heavy (non-hydrogen) atoms. The van der Waals surface area contributed by atoms with Gasteiger partial charge in [0.2, 0.25) is 11.2 Å². The molecule has 92 valence electrons. The maximum Gasteiger partial charge on any atom is 0.236 e. The van der Waals surface area contributed by atoms with E-state index < -0.39 is 0 Å². The smallest absolute Gasteiger partial charge is 0.236 e. The Morgan fingerprint density at radius 1 is 1.35 bits per heavy atom. The highest BCUT2D eigenvalue weighted by molar-refractivity contribution is 6.28. The summed E-state index contributed by atoms with van der Waals surface area (Å²) in [5.74, 6) is 0.169. The summed E-state index contributed by atoms with van der Waals surface area (Å²) in [5, 5.41) is 8.82. The van der Waals surface area contributed by atoms with Gasteiger partial charge in [0.05, 0.1) is 26.0 Å². The van der Waals surface area contributed by atoms with Crippen LogP contribution in [0.15, 0.2) is 6.20 Å². The topological polar surface area (TPSA) is 77.3 Å². The van der Waals surface area contributed by atoms with E-state index >= 15 is 0 Å². The van der Waals surface area contributed by atoms with E-state index in [0.29, 0.717) is 19.8 Å². The second-order valence-electron chi connectivity index (χ2n) is 2.92. The van der Waals surface area contributed by atoms with Crippen molar-refractivity contribution in [2.24, 2.45) is 0 Å². The average molecular weight is 258 g/mol. The van der Waals surface area contributed by atoms with Gasteiger partial charge in [-0.05, 0) is 11.6 Å². The molecule has 1 rings (SSSR count). The summed E-state index contributed by atoms with van der Waals surface area (Å²) in [6, 6.07) is 1.91. The molecule has 0 aliphatic heterocycles. The predicted octanol–water partition coefficient (Wildman–Crippen LogP) is 1.04. The maximum absolute atomic E-state index is 8.78. The van der Waals surface area contributed by atoms with Crippen LogP contribution in [0.25, 0.3) is 0 Å². The van der Waals surface area contributed by atoms with Crippen molar-refractivity contribution < 1.29 is 14.2 Å². The normalized spacial score (nSPS) is 9.94. The summed E-state index contributed by atoms with van der Waals surface area (Å²) in [7, 11) is 1.60. The lowest BCUT2D eigenvalue weighted by Crippen LogP contribution is -2.11. The van der Waals surface area contributed by atoms with Crippen LogP contribution in [0.2, 0.25) is 5.28 Å². The number of aromatic nitrogens is 2. The largest absolute Gasteiger partial charge is 0.474 e. The van der Waals surface area contributed by atoms with Crippen LogP contribution in [0.3, 0.4) is 0 Å². The molecule has 1 aromatic heterocycles. The molecular weight excluding hydrogens is 246 g/mol. The molecule has 0 aromatic carbocycles. The van der Waals surface area contributed by atoms with Gasteiger partial charge in [-0.3, -0.25) is 0 Å². The number of nitrogens with zero attached hydrogens (tertiary/aromatic N) is 3. The highest BCUT2D eigenvalue weighted by atomic mass is 35.5. The molecule has 7 heteroatoms. The number of rotatable bonds is 7. The van der Waals surface area contributed by atoms with Gasteiger partial charge in [0.15, 0.2) is 0 Å². The van der Waals surface area contributed by atoms with Crippen LogP contribution in [0, 0.1) is 11.3 Å². The Kier molecular flexibility index (Phi) is 6.25. The van der Waals surface area contributed by atoms with E-state index in [0.717, 1.165) is 0 Å². The van der Waals surface area contributed by atoms with E-state index in [4.69, 9.17) is 31.1 Å². The molecule has 0 unspecified atom stereocenters. The Morgan fingerprint density at radius 3 is 2.82 bits per heavy atom. The van der Waals surface area contributed by atoms with Gasteiger partial charge in [0.1, 0.15) is 18.2 Å². The average Bonchev–Trinajstić information content (AvgIpc) is 2.34. The standard InChI is InChI=1S/C10H12ClN3O3/c1-15-2-3-16-4-5-17-9-8(6-12)7-13-10(11)14-9/h7H,2-5H2,1H3. The fourth-order valence-electron chi connectivity index (χ4n) is 0.974. The molecule has 0 atom stereocenters. The lowest BCUT2D eigenvalue weighted by atomic mass is 10.4. The number of hydrogen-bond donors (Lipinski definition) is 0. The van der Waals surface area contributed by atoms with E-state index in [1.807, 2.05) is 6.07 Å². The van der Waals surface area contributed by atoms with Gasteiger partial charge in [-0.15, -0.1) is 0 Å². The molecule has 0 spiro atoms. The SMILES string of the molecule is COCCOCCOc1nc(Cl)ncc1C#N. The Balaban J connectivity index is 2.36. The Hall–Kier alpha value is -1.42. The third kappa shape index (κ3) is 4.95. The van der Waals surface area contributed by atoms with E-state index in [1.54, 1.807) is 7.11 Å². The molecule has 0 aliphatic rings. The van der Waals surface area contributed by atoms with Gasteiger partial charge < -0.3 is 14.2 Å². The van der Waals surface area contributed by atoms with Crippen LogP contribution in [0.5, 0.6) is 5.88 Å². The van der Waals surface area contributed by atoms with Crippen LogP contribution < -0.4 is 4.74 Å². The summed E-state index contributed by atoms with van der Waals surface area (Å²) in [4.78, 5) is 7.49. The van der Waals surface area contributed by atoms with Crippen molar-refractivity contribution in [1.82, 2.24) is 9.97 Å². The van der Waals surface area contributed by atoms with Crippen molar-refractivity contribution in [3.8, 4) is 11.9 Å². The molecule has 1 heterocycles. The van der Waals surface area contributed by atoms with Crippen molar-refractivity contribution in [2.45, 2.75) is 0 Å². The van der Waals surface area contributed by atoms with Crippen molar-refractivity contribution in [1.29, 1.82) is 5.26 Å². The van der Waals surface area contributed by atoms with Crippen LogP contribution in [-0.4, -0.2) is 43.5 Å². The number of methoxy groups -OCH3 is 1. The number of ether oxygens (including phenoxy) is 3. The minimum Gasteiger partial charge on any atom is -0.474 e. The van der Waals surface area contributed by atoms with Crippen molar-refractivity contribution in [3.63, 3.8) is 0 Å². The van der Waals surface area contributed by atoms with Crippen LogP contribution in [0.1, 0.15) is 5.56 Å². The Bertz CT molecular complexity index is 395. The lowest BCUT2D eigenvalue weighted by molar-refractivity contribution is 0.0536. The Labute approximate surface area is 104 Å². The van der Waals surface area contributed by atoms with Gasteiger partial charge >= 0.3 is 0 Å². The van der Waals surface area contributed by atoms with Crippen LogP contribution in [0.4, 0.5) is 0 Å². The highest BCUT2D eigenvalue weighted by Crippen LogP contribution is 2.15. The third-order valence-corrected chi connectivity index (χ3v) is 1.93. The van der Waals surface area contributed by atoms with Gasteiger partial charge in [-0.2, -0.15) is 10.2 Å². The molecule has 0 radical (unpaired) electrons. The summed E-state index contributed by atoms with van der Waals surface area (Å²) in [5.41, 5.74) is 0.242. The molecule has 6 nitrogen and oxygen atoms in total. The minimum atomic E-state index is 0.0410. The molecule has 0 aliphatic carbocycles. The molecule has 0 saturated heterocycles. The van der Waals surface area contributed by atoms with Gasteiger partial charge in [0.25, 0.3) is 0 Å². The quantitative estimate of drug-likeness (QED) is 0.537. The van der Waals surface area contributed by atoms with E-state index in [9.17, 15) is 0 Å².